The quantitative estimate of drug-likeness (QED) is 0.865. The van der Waals surface area contributed by atoms with E-state index in [2.05, 4.69) is 5.32 Å². The van der Waals surface area contributed by atoms with E-state index in [1.54, 1.807) is 43.5 Å². The van der Waals surface area contributed by atoms with Crippen molar-refractivity contribution in [1.82, 2.24) is 0 Å². The molecule has 0 radical (unpaired) electrons. The van der Waals surface area contributed by atoms with Gasteiger partial charge in [0.15, 0.2) is 0 Å². The van der Waals surface area contributed by atoms with Gasteiger partial charge in [-0.3, -0.25) is 9.59 Å². The molecule has 0 saturated carbocycles. The molecule has 5 nitrogen and oxygen atoms in total. The first kappa shape index (κ1) is 16.1. The minimum absolute atomic E-state index is 0.0624. The van der Waals surface area contributed by atoms with Gasteiger partial charge in [0, 0.05) is 5.69 Å². The van der Waals surface area contributed by atoms with Crippen molar-refractivity contribution in [3.05, 3.63) is 64.8 Å². The molecule has 24 heavy (non-hydrogen) atoms. The fourth-order valence-electron chi connectivity index (χ4n) is 2.36. The number of nitrogens with zero attached hydrogens (tertiary/aromatic N) is 1. The molecule has 0 bridgehead atoms. The number of methoxy groups -OCH3 is 1. The summed E-state index contributed by atoms with van der Waals surface area (Å²) < 4.78 is 5.09. The molecule has 1 N–H and O–H groups in total. The van der Waals surface area contributed by atoms with Crippen molar-refractivity contribution < 1.29 is 14.3 Å². The Bertz CT molecular complexity index is 826. The fraction of sp³-hybridized carbons (Fsp3) is 0.111. The summed E-state index contributed by atoms with van der Waals surface area (Å²) in [6.45, 7) is 1.93. The Kier molecular flexibility index (Phi) is 4.27. The monoisotopic (exact) mass is 342 g/mol. The standard InChI is InChI=1S/C18H15ClN2O3/c1-11-3-7-13(8-4-11)21-17(22)15(19)16(18(21)23)20-12-5-9-14(24-2)10-6-12/h3-10,20H,1-2H3. The molecule has 0 saturated heterocycles. The van der Waals surface area contributed by atoms with Crippen LogP contribution in [0.15, 0.2) is 59.3 Å². The van der Waals surface area contributed by atoms with Gasteiger partial charge in [-0.25, -0.2) is 4.90 Å². The van der Waals surface area contributed by atoms with E-state index in [0.29, 0.717) is 17.1 Å². The predicted molar refractivity (Wildman–Crippen MR) is 93.2 cm³/mol. The van der Waals surface area contributed by atoms with E-state index in [4.69, 9.17) is 16.3 Å². The number of nitrogens with one attached hydrogen (secondary N) is 1. The van der Waals surface area contributed by atoms with E-state index < -0.39 is 11.8 Å². The highest BCUT2D eigenvalue weighted by molar-refractivity contribution is 6.53. The van der Waals surface area contributed by atoms with Crippen LogP contribution < -0.4 is 15.0 Å². The summed E-state index contributed by atoms with van der Waals surface area (Å²) in [6, 6.07) is 14.1. The van der Waals surface area contributed by atoms with Gasteiger partial charge in [0.2, 0.25) is 0 Å². The third-order valence-electron chi connectivity index (χ3n) is 3.68. The Hall–Kier alpha value is -2.79. The molecule has 122 valence electrons. The van der Waals surface area contributed by atoms with Crippen LogP contribution in [-0.2, 0) is 9.59 Å². The molecule has 0 aromatic heterocycles. The van der Waals surface area contributed by atoms with E-state index in [1.165, 1.54) is 0 Å². The minimum Gasteiger partial charge on any atom is -0.497 e. The summed E-state index contributed by atoms with van der Waals surface area (Å²) in [5, 5.41) is 2.78. The zero-order valence-corrected chi connectivity index (χ0v) is 13.9. The zero-order chi connectivity index (χ0) is 17.3. The highest BCUT2D eigenvalue weighted by atomic mass is 35.5. The van der Waals surface area contributed by atoms with Crippen LogP contribution in [0.2, 0.25) is 0 Å². The lowest BCUT2D eigenvalue weighted by molar-refractivity contribution is -0.120. The van der Waals surface area contributed by atoms with Crippen LogP contribution in [-0.4, -0.2) is 18.9 Å². The van der Waals surface area contributed by atoms with Crippen molar-refractivity contribution in [3.8, 4) is 5.75 Å². The molecule has 1 aliphatic rings. The van der Waals surface area contributed by atoms with E-state index >= 15 is 0 Å². The Labute approximate surface area is 144 Å². The molecule has 6 heteroatoms. The van der Waals surface area contributed by atoms with Gasteiger partial charge >= 0.3 is 0 Å². The molecule has 0 aliphatic carbocycles. The number of imide groups is 1. The van der Waals surface area contributed by atoms with Crippen LogP contribution in [0.4, 0.5) is 11.4 Å². The second-order valence-corrected chi connectivity index (χ2v) is 5.70. The molecule has 2 amide bonds. The largest absolute Gasteiger partial charge is 0.497 e. The maximum Gasteiger partial charge on any atom is 0.283 e. The molecule has 1 aliphatic heterocycles. The van der Waals surface area contributed by atoms with E-state index in [0.717, 1.165) is 10.5 Å². The van der Waals surface area contributed by atoms with Gasteiger partial charge in [-0.15, -0.1) is 0 Å². The highest BCUT2D eigenvalue weighted by Gasteiger charge is 2.38. The molecule has 0 atom stereocenters. The Morgan fingerprint density at radius 2 is 1.58 bits per heavy atom. The van der Waals surface area contributed by atoms with Crippen LogP contribution in [0.25, 0.3) is 0 Å². The SMILES string of the molecule is COc1ccc(NC2=C(Cl)C(=O)N(c3ccc(C)cc3)C2=O)cc1. The number of amides is 2. The topological polar surface area (TPSA) is 58.6 Å². The number of benzene rings is 2. The third-order valence-corrected chi connectivity index (χ3v) is 4.03. The van der Waals surface area contributed by atoms with E-state index in [9.17, 15) is 9.59 Å². The van der Waals surface area contributed by atoms with E-state index in [1.807, 2.05) is 19.1 Å². The van der Waals surface area contributed by atoms with Gasteiger partial charge in [0.1, 0.15) is 16.5 Å². The molecule has 1 heterocycles. The average Bonchev–Trinajstić information content (AvgIpc) is 2.80. The number of anilines is 2. The second kappa shape index (κ2) is 6.37. The first-order valence-electron chi connectivity index (χ1n) is 7.27. The van der Waals surface area contributed by atoms with Gasteiger partial charge in [-0.1, -0.05) is 29.3 Å². The molecule has 0 unspecified atom stereocenters. The van der Waals surface area contributed by atoms with E-state index in [-0.39, 0.29) is 10.7 Å². The lowest BCUT2D eigenvalue weighted by Gasteiger charge is -2.15. The first-order valence-corrected chi connectivity index (χ1v) is 7.65. The van der Waals surface area contributed by atoms with Gasteiger partial charge in [-0.2, -0.15) is 0 Å². The maximum atomic E-state index is 12.6. The molecule has 2 aromatic carbocycles. The molecule has 0 spiro atoms. The smallest absolute Gasteiger partial charge is 0.283 e. The number of hydrogen-bond acceptors (Lipinski definition) is 4. The normalized spacial score (nSPS) is 14.4. The van der Waals surface area contributed by atoms with Crippen molar-refractivity contribution in [2.45, 2.75) is 6.92 Å². The second-order valence-electron chi connectivity index (χ2n) is 5.32. The molecule has 0 fully saturated rings. The third kappa shape index (κ3) is 2.86. The Morgan fingerprint density at radius 1 is 0.958 bits per heavy atom. The fourth-order valence-corrected chi connectivity index (χ4v) is 2.57. The van der Waals surface area contributed by atoms with Gasteiger partial charge < -0.3 is 10.1 Å². The summed E-state index contributed by atoms with van der Waals surface area (Å²) in [5.41, 5.74) is 2.22. The Morgan fingerprint density at radius 3 is 2.17 bits per heavy atom. The summed E-state index contributed by atoms with van der Waals surface area (Å²) >= 11 is 6.09. The van der Waals surface area contributed by atoms with Crippen LogP contribution in [0, 0.1) is 6.92 Å². The van der Waals surface area contributed by atoms with Crippen molar-refractivity contribution >= 4 is 34.8 Å². The van der Waals surface area contributed by atoms with Crippen molar-refractivity contribution in [3.63, 3.8) is 0 Å². The summed E-state index contributed by atoms with van der Waals surface area (Å²) in [7, 11) is 1.57. The first-order chi connectivity index (χ1) is 11.5. The molecular weight excluding hydrogens is 328 g/mol. The molecular formula is C18H15ClN2O3. The number of carbonyl (C=O) groups is 2. The average molecular weight is 343 g/mol. The van der Waals surface area contributed by atoms with Gasteiger partial charge in [-0.05, 0) is 43.3 Å². The number of aryl methyl sites for hydroxylation is 1. The summed E-state index contributed by atoms with van der Waals surface area (Å²) in [6.07, 6.45) is 0. The lowest BCUT2D eigenvalue weighted by atomic mass is 10.2. The summed E-state index contributed by atoms with van der Waals surface area (Å²) in [4.78, 5) is 26.0. The van der Waals surface area contributed by atoms with Crippen LogP contribution in [0.3, 0.4) is 0 Å². The highest BCUT2D eigenvalue weighted by Crippen LogP contribution is 2.30. The van der Waals surface area contributed by atoms with Crippen molar-refractivity contribution in [1.29, 1.82) is 0 Å². The number of hydrogen-bond donors (Lipinski definition) is 1. The van der Waals surface area contributed by atoms with Crippen molar-refractivity contribution in [2.24, 2.45) is 0 Å². The van der Waals surface area contributed by atoms with Crippen molar-refractivity contribution in [2.75, 3.05) is 17.3 Å². The van der Waals surface area contributed by atoms with Gasteiger partial charge in [0.25, 0.3) is 11.8 Å². The lowest BCUT2D eigenvalue weighted by Crippen LogP contribution is -2.32. The maximum absolute atomic E-state index is 12.6. The minimum atomic E-state index is -0.540. The number of ether oxygens (including phenoxy) is 1. The molecule has 3 rings (SSSR count). The number of carbonyl (C=O) groups excluding carboxylic acids is 2. The number of rotatable bonds is 4. The molecule has 2 aromatic rings. The van der Waals surface area contributed by atoms with Crippen LogP contribution >= 0.6 is 11.6 Å². The summed E-state index contributed by atoms with van der Waals surface area (Å²) in [5.74, 6) is -0.332. The van der Waals surface area contributed by atoms with Gasteiger partial charge in [0.05, 0.1) is 12.8 Å². The predicted octanol–water partition coefficient (Wildman–Crippen LogP) is 3.44. The number of halogens is 1. The Balaban J connectivity index is 1.87. The van der Waals surface area contributed by atoms with Crippen LogP contribution in [0.5, 0.6) is 5.75 Å². The zero-order valence-electron chi connectivity index (χ0n) is 13.2. The van der Waals surface area contributed by atoms with Crippen LogP contribution in [0.1, 0.15) is 5.56 Å².